The zero-order valence-electron chi connectivity index (χ0n) is 36.6. The van der Waals surface area contributed by atoms with Gasteiger partial charge in [0, 0.05) is 36.2 Å². The molecule has 4 fully saturated rings. The van der Waals surface area contributed by atoms with Crippen LogP contribution in [0.4, 0.5) is 0 Å². The van der Waals surface area contributed by atoms with Crippen molar-refractivity contribution in [3.05, 3.63) is 35.4 Å². The highest BCUT2D eigenvalue weighted by Gasteiger charge is 2.71. The average Bonchev–Trinajstić information content (AvgIpc) is 3.42. The molecule has 4 saturated carbocycles. The van der Waals surface area contributed by atoms with Crippen molar-refractivity contribution in [3.8, 4) is 0 Å². The second-order valence-electron chi connectivity index (χ2n) is 21.2. The van der Waals surface area contributed by atoms with Gasteiger partial charge in [0.05, 0.1) is 31.0 Å². The number of hydrogen-bond donors (Lipinski definition) is 2. The van der Waals surface area contributed by atoms with Crippen LogP contribution >= 0.6 is 0 Å². The largest absolute Gasteiger partial charge is 0.481 e. The molecule has 6 rings (SSSR count). The van der Waals surface area contributed by atoms with E-state index in [2.05, 4.69) is 58.4 Å². The first kappa shape index (κ1) is 43.4. The van der Waals surface area contributed by atoms with Gasteiger partial charge in [0.1, 0.15) is 11.9 Å². The summed E-state index contributed by atoms with van der Waals surface area (Å²) >= 11 is 0. The van der Waals surface area contributed by atoms with Crippen molar-refractivity contribution in [2.24, 2.45) is 56.2 Å². The highest BCUT2D eigenvalue weighted by Crippen LogP contribution is 2.77. The Morgan fingerprint density at radius 2 is 1.60 bits per heavy atom. The van der Waals surface area contributed by atoms with Crippen molar-refractivity contribution < 1.29 is 34.1 Å². The first-order valence-corrected chi connectivity index (χ1v) is 21.5. The zero-order chi connectivity index (χ0) is 42.1. The lowest BCUT2D eigenvalue weighted by Crippen LogP contribution is -2.66. The molecule has 5 aliphatic carbocycles. The van der Waals surface area contributed by atoms with Gasteiger partial charge in [-0.05, 0) is 131 Å². The number of carbonyl (C=O) groups is 4. The Labute approximate surface area is 340 Å². The van der Waals surface area contributed by atoms with Gasteiger partial charge in [-0.25, -0.2) is 9.97 Å². The summed E-state index contributed by atoms with van der Waals surface area (Å²) in [5.41, 5.74) is -0.260. The molecule has 1 unspecified atom stereocenters. The van der Waals surface area contributed by atoms with Gasteiger partial charge in [0.2, 0.25) is 5.91 Å². The lowest BCUT2D eigenvalue weighted by atomic mass is 9.33. The topological polar surface area (TPSA) is 150 Å². The van der Waals surface area contributed by atoms with Gasteiger partial charge >= 0.3 is 11.9 Å². The zero-order valence-corrected chi connectivity index (χ0v) is 36.6. The summed E-state index contributed by atoms with van der Waals surface area (Å²) in [4.78, 5) is 65.2. The van der Waals surface area contributed by atoms with Crippen molar-refractivity contribution in [1.29, 1.82) is 0 Å². The van der Waals surface area contributed by atoms with E-state index < -0.39 is 28.9 Å². The fourth-order valence-corrected chi connectivity index (χ4v) is 13.5. The van der Waals surface area contributed by atoms with Crippen LogP contribution in [0.3, 0.4) is 0 Å². The number of likely N-dealkylation sites (N-methyl/N-ethyl adjacent to an activating group) is 1. The minimum absolute atomic E-state index is 0.00926. The smallest absolute Gasteiger partial charge is 0.309 e. The number of aliphatic hydroxyl groups is 1. The highest BCUT2D eigenvalue weighted by atomic mass is 16.5. The number of ketones is 1. The minimum Gasteiger partial charge on any atom is -0.481 e. The van der Waals surface area contributed by atoms with Crippen molar-refractivity contribution >= 4 is 23.6 Å². The van der Waals surface area contributed by atoms with Crippen LogP contribution in [0.5, 0.6) is 0 Å². The number of aliphatic carboxylic acids is 1. The second kappa shape index (κ2) is 15.1. The van der Waals surface area contributed by atoms with E-state index in [1.807, 2.05) is 19.0 Å². The molecule has 0 radical (unpaired) electrons. The van der Waals surface area contributed by atoms with Gasteiger partial charge in [-0.1, -0.05) is 54.0 Å². The lowest BCUT2D eigenvalue weighted by molar-refractivity contribution is -0.235. The maximum absolute atomic E-state index is 14.3. The van der Waals surface area contributed by atoms with Crippen molar-refractivity contribution in [3.63, 3.8) is 0 Å². The molecule has 0 aromatic carbocycles. The predicted octanol–water partition coefficient (Wildman–Crippen LogP) is 7.12. The molecule has 0 aliphatic heterocycles. The number of hydrogen-bond acceptors (Lipinski definition) is 9. The van der Waals surface area contributed by atoms with Crippen molar-refractivity contribution in [2.45, 2.75) is 145 Å². The summed E-state index contributed by atoms with van der Waals surface area (Å²) in [5.74, 6) is 0.00282. The number of Topliss-reactive ketones (excluding diaryl/α,β-unsaturated/α-hetero) is 1. The van der Waals surface area contributed by atoms with Crippen LogP contribution in [0.2, 0.25) is 0 Å². The van der Waals surface area contributed by atoms with Gasteiger partial charge < -0.3 is 24.7 Å². The van der Waals surface area contributed by atoms with Gasteiger partial charge in [0.25, 0.3) is 0 Å². The van der Waals surface area contributed by atoms with Crippen molar-refractivity contribution in [2.75, 3.05) is 27.2 Å². The fourth-order valence-electron chi connectivity index (χ4n) is 13.5. The molecule has 1 amide bonds. The van der Waals surface area contributed by atoms with E-state index in [1.165, 1.54) is 5.57 Å². The Hall–Kier alpha value is -3.18. The number of carboxylic acids is 1. The maximum atomic E-state index is 14.3. The Bertz CT molecular complexity index is 1770. The van der Waals surface area contributed by atoms with Crippen molar-refractivity contribution in [1.82, 2.24) is 19.8 Å². The molecular formula is C46H70N4O7. The monoisotopic (exact) mass is 791 g/mol. The Kier molecular flexibility index (Phi) is 11.5. The molecule has 57 heavy (non-hydrogen) atoms. The molecule has 9 atom stereocenters. The van der Waals surface area contributed by atoms with Gasteiger partial charge in [-0.3, -0.25) is 19.2 Å². The summed E-state index contributed by atoms with van der Waals surface area (Å²) in [6, 6.07) is 1.75. The molecule has 5 aliphatic rings. The van der Waals surface area contributed by atoms with E-state index in [1.54, 1.807) is 37.2 Å². The number of aliphatic hydroxyl groups excluding tert-OH is 1. The van der Waals surface area contributed by atoms with Crippen LogP contribution in [-0.2, 0) is 30.5 Å². The molecule has 11 nitrogen and oxygen atoms in total. The number of amides is 1. The van der Waals surface area contributed by atoms with Crippen LogP contribution in [0.15, 0.2) is 29.6 Å². The van der Waals surface area contributed by atoms with E-state index in [0.29, 0.717) is 24.1 Å². The number of aromatic nitrogens is 2. The quantitative estimate of drug-likeness (QED) is 0.210. The summed E-state index contributed by atoms with van der Waals surface area (Å²) < 4.78 is 6.17. The number of carbonyl (C=O) groups excluding carboxylic acids is 3. The van der Waals surface area contributed by atoms with E-state index in [9.17, 15) is 29.4 Å². The average molecular weight is 791 g/mol. The standard InChI is InChI=1S/C46H70N4O7/c1-28(2)38-30(51)23-46(33(52)25-50(36(53)27-49(10)11)26-35-47-21-12-22-48-35)20-19-44(8)29(39(38)46)13-14-32-43(7)17-16-34(57-37(54)24-41(3,4)40(55)56)42(5,6)31(43)15-18-45(32,44)9/h12,21-22,28-29,31-34,52H,13-20,23-27H2,1-11H3,(H,55,56)/t29-,31?,32-,33+,34+,43+,44-,45-,46+/m1/s1. The molecule has 316 valence electrons. The molecule has 1 aromatic heterocycles. The van der Waals surface area contributed by atoms with Gasteiger partial charge in [0.15, 0.2) is 5.78 Å². The summed E-state index contributed by atoms with van der Waals surface area (Å²) in [6.45, 7) is 19.8. The van der Waals surface area contributed by atoms with Crippen LogP contribution in [-0.4, -0.2) is 93.0 Å². The molecule has 0 saturated heterocycles. The first-order valence-electron chi connectivity index (χ1n) is 21.5. The third kappa shape index (κ3) is 7.18. The second-order valence-corrected chi connectivity index (χ2v) is 21.2. The van der Waals surface area contributed by atoms with Crippen LogP contribution in [0, 0.1) is 56.2 Å². The number of allylic oxidation sites excluding steroid dienone is 1. The van der Waals surface area contributed by atoms with E-state index >= 15 is 0 Å². The number of rotatable bonds is 12. The normalized spacial score (nSPS) is 35.2. The molecule has 1 heterocycles. The molecule has 1 aromatic rings. The van der Waals surface area contributed by atoms with Gasteiger partial charge in [-0.15, -0.1) is 0 Å². The highest BCUT2D eigenvalue weighted by molar-refractivity contribution is 6.00. The Balaban J connectivity index is 1.30. The number of fused-ring (bicyclic) bond motifs is 7. The van der Waals surface area contributed by atoms with E-state index in [4.69, 9.17) is 4.74 Å². The minimum atomic E-state index is -1.19. The molecule has 2 N–H and O–H groups in total. The summed E-state index contributed by atoms with van der Waals surface area (Å²) in [7, 11) is 3.71. The Morgan fingerprint density at radius 1 is 0.930 bits per heavy atom. The van der Waals surface area contributed by atoms with E-state index in [-0.39, 0.29) is 83.8 Å². The first-order chi connectivity index (χ1) is 26.4. The third-order valence-electron chi connectivity index (χ3n) is 16.6. The molecule has 11 heteroatoms. The summed E-state index contributed by atoms with van der Waals surface area (Å²) in [5, 5.41) is 22.2. The van der Waals surface area contributed by atoms with Crippen LogP contribution in [0.25, 0.3) is 0 Å². The van der Waals surface area contributed by atoms with E-state index in [0.717, 1.165) is 50.5 Å². The number of carboxylic acid groups (broad SMARTS) is 1. The maximum Gasteiger partial charge on any atom is 0.309 e. The van der Waals surface area contributed by atoms with Crippen LogP contribution in [0.1, 0.15) is 132 Å². The molecule has 0 bridgehead atoms. The third-order valence-corrected chi connectivity index (χ3v) is 16.6. The molecule has 0 spiro atoms. The fraction of sp³-hybridized carbons (Fsp3) is 0.783. The number of esters is 1. The SMILES string of the molecule is CC(C)C1=C2[C@H]3CC[C@@H]4[C@@]5(C)CC[C@H](OC(=O)CC(C)(C)C(=O)O)C(C)(C)C5CC[C@@]4(C)[C@]3(C)CC[C@@]2([C@@H](O)CN(Cc2ncccn2)C(=O)CN(C)C)CC1=O. The number of nitrogens with zero attached hydrogens (tertiary/aromatic N) is 4. The predicted molar refractivity (Wildman–Crippen MR) is 217 cm³/mol. The molecular weight excluding hydrogens is 721 g/mol. The van der Waals surface area contributed by atoms with Crippen LogP contribution < -0.4 is 0 Å². The number of ether oxygens (including phenoxy) is 1. The summed E-state index contributed by atoms with van der Waals surface area (Å²) in [6.07, 6.45) is 9.49. The van der Waals surface area contributed by atoms with Gasteiger partial charge in [-0.2, -0.15) is 0 Å². The Morgan fingerprint density at radius 3 is 2.21 bits per heavy atom. The lowest BCUT2D eigenvalue weighted by Gasteiger charge is -2.72.